The van der Waals surface area contributed by atoms with E-state index in [-0.39, 0.29) is 0 Å². The molecular weight excluding hydrogens is 234 g/mol. The highest BCUT2D eigenvalue weighted by Gasteiger charge is 2.03. The smallest absolute Gasteiger partial charge is 0.234 e. The number of hydrogen-bond acceptors (Lipinski definition) is 1. The minimum Gasteiger partial charge on any atom is -0.379 e. The molecule has 4 N–H and O–H groups in total. The summed E-state index contributed by atoms with van der Waals surface area (Å²) >= 11 is 0. The van der Waals surface area contributed by atoms with Crippen LogP contribution in [0.3, 0.4) is 0 Å². The van der Waals surface area contributed by atoms with Gasteiger partial charge in [-0.1, -0.05) is 18.2 Å². The number of anilines is 1. The third-order valence-corrected chi connectivity index (χ3v) is 3.27. The Kier molecular flexibility index (Phi) is 4.93. The number of hydrogen-bond donors (Lipinski definition) is 2. The van der Waals surface area contributed by atoms with Crippen LogP contribution in [-0.2, 0) is 6.54 Å². The van der Waals surface area contributed by atoms with E-state index in [4.69, 9.17) is 0 Å². The van der Waals surface area contributed by atoms with Gasteiger partial charge >= 0.3 is 0 Å². The fourth-order valence-electron chi connectivity index (χ4n) is 2.21. The Morgan fingerprint density at radius 2 is 1.84 bits per heavy atom. The third kappa shape index (κ3) is 4.07. The second-order valence-corrected chi connectivity index (χ2v) is 4.86. The molecule has 0 aliphatic rings. The van der Waals surface area contributed by atoms with Gasteiger partial charge in [-0.3, -0.25) is 0 Å². The standard InChI is InChI=1S/C16H21N3/c1-13-6-5-7-14(2)16(13)19-11-10-17-12-15-8-3-4-9-18-15/h3-9,17,19H,10-12H2,1-2H3/p+2. The largest absolute Gasteiger partial charge is 0.379 e. The van der Waals surface area contributed by atoms with Gasteiger partial charge in [0, 0.05) is 17.8 Å². The molecule has 1 aromatic carbocycles. The quantitative estimate of drug-likeness (QED) is 0.753. The molecule has 1 heterocycles. The van der Waals surface area contributed by atoms with Crippen molar-refractivity contribution in [3.63, 3.8) is 0 Å². The lowest BCUT2D eigenvalue weighted by Gasteiger charge is -2.11. The zero-order chi connectivity index (χ0) is 13.5. The van der Waals surface area contributed by atoms with Crippen LogP contribution in [0, 0.1) is 13.8 Å². The summed E-state index contributed by atoms with van der Waals surface area (Å²) in [7, 11) is 0. The molecule has 0 saturated heterocycles. The lowest BCUT2D eigenvalue weighted by molar-refractivity contribution is -0.679. The number of aryl methyl sites for hydroxylation is 2. The molecule has 0 unspecified atom stereocenters. The molecule has 0 atom stereocenters. The maximum Gasteiger partial charge on any atom is 0.234 e. The fraction of sp³-hybridized carbons (Fsp3) is 0.312. The van der Waals surface area contributed by atoms with Crippen LogP contribution in [0.4, 0.5) is 5.69 Å². The Morgan fingerprint density at radius 3 is 2.53 bits per heavy atom. The van der Waals surface area contributed by atoms with Crippen LogP contribution < -0.4 is 15.6 Å². The van der Waals surface area contributed by atoms with Crippen LogP contribution >= 0.6 is 0 Å². The van der Waals surface area contributed by atoms with E-state index in [0.717, 1.165) is 19.6 Å². The van der Waals surface area contributed by atoms with E-state index in [1.54, 1.807) is 0 Å². The molecule has 0 aliphatic carbocycles. The molecule has 2 aromatic rings. The van der Waals surface area contributed by atoms with Gasteiger partial charge in [0.05, 0.1) is 13.1 Å². The molecule has 0 bridgehead atoms. The zero-order valence-electron chi connectivity index (χ0n) is 11.7. The highest BCUT2D eigenvalue weighted by Crippen LogP contribution is 2.18. The predicted octanol–water partition coefficient (Wildman–Crippen LogP) is 1.29. The molecule has 0 radical (unpaired) electrons. The molecule has 0 aliphatic heterocycles. The zero-order valence-corrected chi connectivity index (χ0v) is 11.7. The summed E-state index contributed by atoms with van der Waals surface area (Å²) in [5.74, 6) is 0. The topological polar surface area (TPSA) is 42.8 Å². The first-order valence-corrected chi connectivity index (χ1v) is 6.84. The maximum absolute atomic E-state index is 3.53. The Hall–Kier alpha value is -1.87. The van der Waals surface area contributed by atoms with Crippen LogP contribution in [-0.4, -0.2) is 13.1 Å². The second kappa shape index (κ2) is 6.90. The minimum atomic E-state index is 0.985. The molecule has 1 aromatic heterocycles. The predicted molar refractivity (Wildman–Crippen MR) is 77.9 cm³/mol. The van der Waals surface area contributed by atoms with Crippen LogP contribution in [0.2, 0.25) is 0 Å². The van der Waals surface area contributed by atoms with Crippen molar-refractivity contribution in [3.8, 4) is 0 Å². The Labute approximate surface area is 115 Å². The lowest BCUT2D eigenvalue weighted by Crippen LogP contribution is -2.84. The monoisotopic (exact) mass is 257 g/mol. The van der Waals surface area contributed by atoms with Crippen molar-refractivity contribution >= 4 is 5.69 Å². The molecule has 19 heavy (non-hydrogen) atoms. The summed E-state index contributed by atoms with van der Waals surface area (Å²) in [5.41, 5.74) is 5.17. The van der Waals surface area contributed by atoms with Crippen molar-refractivity contribution < 1.29 is 10.3 Å². The lowest BCUT2D eigenvalue weighted by atomic mass is 10.1. The number of quaternary nitrogens is 1. The molecule has 2 rings (SSSR count). The van der Waals surface area contributed by atoms with E-state index in [2.05, 4.69) is 59.8 Å². The average molecular weight is 257 g/mol. The minimum absolute atomic E-state index is 0.985. The average Bonchev–Trinajstić information content (AvgIpc) is 2.42. The van der Waals surface area contributed by atoms with E-state index in [1.807, 2.05) is 12.3 Å². The van der Waals surface area contributed by atoms with Crippen molar-refractivity contribution in [2.45, 2.75) is 20.4 Å². The van der Waals surface area contributed by atoms with Gasteiger partial charge in [0.2, 0.25) is 5.69 Å². The molecule has 0 fully saturated rings. The fourth-order valence-corrected chi connectivity index (χ4v) is 2.21. The van der Waals surface area contributed by atoms with E-state index >= 15 is 0 Å². The van der Waals surface area contributed by atoms with Crippen molar-refractivity contribution in [1.29, 1.82) is 0 Å². The molecule has 100 valence electrons. The van der Waals surface area contributed by atoms with E-state index in [1.165, 1.54) is 22.5 Å². The summed E-state index contributed by atoms with van der Waals surface area (Å²) < 4.78 is 0. The SMILES string of the molecule is Cc1cccc(C)c1NCC[NH2+]Cc1cccc[nH+]1. The number of nitrogens with two attached hydrogens (primary N) is 1. The van der Waals surface area contributed by atoms with Gasteiger partial charge < -0.3 is 10.6 Å². The van der Waals surface area contributed by atoms with Crippen LogP contribution in [0.25, 0.3) is 0 Å². The van der Waals surface area contributed by atoms with Gasteiger partial charge in [-0.2, -0.15) is 0 Å². The number of aromatic nitrogens is 1. The number of nitrogens with one attached hydrogen (secondary N) is 2. The number of aromatic amines is 1. The summed E-state index contributed by atoms with van der Waals surface area (Å²) in [5, 5.41) is 5.84. The van der Waals surface area contributed by atoms with Gasteiger partial charge in [-0.25, -0.2) is 4.98 Å². The molecule has 0 amide bonds. The highest BCUT2D eigenvalue weighted by atomic mass is 15.0. The first kappa shape index (κ1) is 13.6. The van der Waals surface area contributed by atoms with Gasteiger partial charge in [0.1, 0.15) is 0 Å². The number of rotatable bonds is 6. The molecule has 0 saturated carbocycles. The highest BCUT2D eigenvalue weighted by molar-refractivity contribution is 5.56. The summed E-state index contributed by atoms with van der Waals surface area (Å²) in [6.07, 6.45) is 1.97. The van der Waals surface area contributed by atoms with Crippen molar-refractivity contribution in [3.05, 3.63) is 59.4 Å². The Balaban J connectivity index is 1.73. The number of para-hydroxylation sites is 1. The van der Waals surface area contributed by atoms with Gasteiger partial charge in [-0.05, 0) is 31.0 Å². The first-order valence-electron chi connectivity index (χ1n) is 6.84. The number of pyridine rings is 1. The molecule has 3 nitrogen and oxygen atoms in total. The Bertz CT molecular complexity index is 488. The maximum atomic E-state index is 3.53. The van der Waals surface area contributed by atoms with E-state index < -0.39 is 0 Å². The molecule has 3 heteroatoms. The number of H-pyrrole nitrogens is 1. The Morgan fingerprint density at radius 1 is 1.05 bits per heavy atom. The van der Waals surface area contributed by atoms with Gasteiger partial charge in [0.15, 0.2) is 12.7 Å². The third-order valence-electron chi connectivity index (χ3n) is 3.27. The summed E-state index contributed by atoms with van der Waals surface area (Å²) in [4.78, 5) is 3.24. The van der Waals surface area contributed by atoms with Crippen molar-refractivity contribution in [2.75, 3.05) is 18.4 Å². The van der Waals surface area contributed by atoms with Crippen LogP contribution in [0.5, 0.6) is 0 Å². The summed E-state index contributed by atoms with van der Waals surface area (Å²) in [6.45, 7) is 7.35. The van der Waals surface area contributed by atoms with E-state index in [9.17, 15) is 0 Å². The second-order valence-electron chi connectivity index (χ2n) is 4.86. The van der Waals surface area contributed by atoms with E-state index in [0.29, 0.717) is 0 Å². The van der Waals surface area contributed by atoms with Crippen molar-refractivity contribution in [2.24, 2.45) is 0 Å². The number of benzene rings is 1. The van der Waals surface area contributed by atoms with Gasteiger partial charge in [-0.15, -0.1) is 0 Å². The van der Waals surface area contributed by atoms with Gasteiger partial charge in [0.25, 0.3) is 0 Å². The molecular formula is C16H23N3+2. The first-order chi connectivity index (χ1) is 9.27. The normalized spacial score (nSPS) is 10.4. The van der Waals surface area contributed by atoms with Crippen LogP contribution in [0.1, 0.15) is 16.8 Å². The molecule has 0 spiro atoms. The van der Waals surface area contributed by atoms with Crippen LogP contribution in [0.15, 0.2) is 42.6 Å². The summed E-state index contributed by atoms with van der Waals surface area (Å²) in [6, 6.07) is 12.6. The van der Waals surface area contributed by atoms with Crippen molar-refractivity contribution in [1.82, 2.24) is 0 Å².